The minimum absolute atomic E-state index is 0.223. The molecule has 3 aromatic rings. The molecule has 0 atom stereocenters. The van der Waals surface area contributed by atoms with Gasteiger partial charge in [-0.25, -0.2) is 9.97 Å². The lowest BCUT2D eigenvalue weighted by atomic mass is 10.0. The zero-order valence-electron chi connectivity index (χ0n) is 14.9. The minimum Gasteiger partial charge on any atom is -0.350 e. The smallest absolute Gasteiger partial charge is 0.231 e. The number of aromatic nitrogens is 2. The van der Waals surface area contributed by atoms with Crippen molar-refractivity contribution < 1.29 is 4.79 Å². The van der Waals surface area contributed by atoms with Gasteiger partial charge in [0.2, 0.25) is 11.9 Å². The fourth-order valence-corrected chi connectivity index (χ4v) is 3.58. The van der Waals surface area contributed by atoms with E-state index < -0.39 is 0 Å². The summed E-state index contributed by atoms with van der Waals surface area (Å²) in [6.45, 7) is 0.692. The van der Waals surface area contributed by atoms with Crippen LogP contribution in [0, 0.1) is 0 Å². The van der Waals surface area contributed by atoms with Crippen LogP contribution < -0.4 is 10.2 Å². The van der Waals surface area contributed by atoms with Crippen molar-refractivity contribution >= 4 is 17.5 Å². The van der Waals surface area contributed by atoms with Gasteiger partial charge in [0, 0.05) is 36.2 Å². The molecular formula is C22H20N4O. The molecule has 1 N–H and O–H groups in total. The summed E-state index contributed by atoms with van der Waals surface area (Å²) in [4.78, 5) is 23.2. The molecule has 2 heterocycles. The van der Waals surface area contributed by atoms with E-state index in [0.29, 0.717) is 25.0 Å². The van der Waals surface area contributed by atoms with E-state index in [1.165, 1.54) is 5.56 Å². The van der Waals surface area contributed by atoms with Gasteiger partial charge < -0.3 is 10.2 Å². The van der Waals surface area contributed by atoms with Gasteiger partial charge in [-0.15, -0.1) is 0 Å². The number of fused-ring (bicyclic) bond motifs is 1. The number of benzene rings is 2. The summed E-state index contributed by atoms with van der Waals surface area (Å²) in [5, 5.41) is 3.24. The van der Waals surface area contributed by atoms with Gasteiger partial charge in [-0.1, -0.05) is 42.5 Å². The molecule has 0 unspecified atom stereocenters. The highest BCUT2D eigenvalue weighted by atomic mass is 16.2. The molecule has 27 heavy (non-hydrogen) atoms. The van der Waals surface area contributed by atoms with Crippen molar-refractivity contribution in [2.45, 2.75) is 31.8 Å². The monoisotopic (exact) mass is 356 g/mol. The lowest BCUT2D eigenvalue weighted by Crippen LogP contribution is -2.28. The van der Waals surface area contributed by atoms with Gasteiger partial charge >= 0.3 is 0 Å². The van der Waals surface area contributed by atoms with Crippen molar-refractivity contribution in [3.05, 3.63) is 72.1 Å². The number of rotatable bonds is 5. The Hall–Kier alpha value is -3.21. The molecule has 0 spiro atoms. The van der Waals surface area contributed by atoms with Gasteiger partial charge in [0.15, 0.2) is 0 Å². The minimum atomic E-state index is 0.223. The van der Waals surface area contributed by atoms with Crippen LogP contribution in [0.15, 0.2) is 60.9 Å². The van der Waals surface area contributed by atoms with E-state index in [9.17, 15) is 4.79 Å². The number of nitrogens with zero attached hydrogens (tertiary/aromatic N) is 3. The first-order valence-corrected chi connectivity index (χ1v) is 9.33. The van der Waals surface area contributed by atoms with Gasteiger partial charge in [-0.05, 0) is 35.6 Å². The predicted octanol–water partition coefficient (Wildman–Crippen LogP) is 3.81. The summed E-state index contributed by atoms with van der Waals surface area (Å²) in [7, 11) is 0. The number of carbonyl (C=O) groups excluding carboxylic acids is 1. The van der Waals surface area contributed by atoms with Crippen molar-refractivity contribution in [1.82, 2.24) is 9.97 Å². The third kappa shape index (κ3) is 3.16. The Morgan fingerprint density at radius 1 is 1.00 bits per heavy atom. The number of nitrogens with one attached hydrogen (secondary N) is 1. The van der Waals surface area contributed by atoms with Crippen molar-refractivity contribution in [2.24, 2.45) is 0 Å². The second-order valence-electron chi connectivity index (χ2n) is 7.15. The van der Waals surface area contributed by atoms with Crippen LogP contribution in [0.5, 0.6) is 0 Å². The van der Waals surface area contributed by atoms with E-state index in [-0.39, 0.29) is 5.91 Å². The van der Waals surface area contributed by atoms with E-state index in [0.717, 1.165) is 35.2 Å². The molecule has 0 radical (unpaired) electrons. The average Bonchev–Trinajstić information content (AvgIpc) is 3.49. The summed E-state index contributed by atoms with van der Waals surface area (Å²) in [5.74, 6) is 0.833. The first-order chi connectivity index (χ1) is 13.3. The van der Waals surface area contributed by atoms with Crippen molar-refractivity contribution in [3.8, 4) is 11.1 Å². The standard InChI is InChI=1S/C22H20N4O/c27-21-11-17-7-6-16(10-20(17)26(21)19-8-9-19)18-13-24-22(25-14-18)23-12-15-4-2-1-3-5-15/h1-7,10,13-14,19H,8-9,11-12H2,(H,23,24,25). The number of carbonyl (C=O) groups is 1. The molecule has 5 rings (SSSR count). The lowest BCUT2D eigenvalue weighted by molar-refractivity contribution is -0.117. The van der Waals surface area contributed by atoms with Gasteiger partial charge in [-0.3, -0.25) is 4.79 Å². The summed E-state index contributed by atoms with van der Waals surface area (Å²) >= 11 is 0. The largest absolute Gasteiger partial charge is 0.350 e. The van der Waals surface area contributed by atoms with Crippen molar-refractivity contribution in [3.63, 3.8) is 0 Å². The molecular weight excluding hydrogens is 336 g/mol. The maximum absolute atomic E-state index is 12.3. The highest BCUT2D eigenvalue weighted by Crippen LogP contribution is 2.40. The Balaban J connectivity index is 1.34. The van der Waals surface area contributed by atoms with E-state index in [2.05, 4.69) is 45.6 Å². The second-order valence-corrected chi connectivity index (χ2v) is 7.15. The molecule has 1 aromatic heterocycles. The molecule has 2 aromatic carbocycles. The molecule has 5 heteroatoms. The van der Waals surface area contributed by atoms with E-state index in [1.54, 1.807) is 0 Å². The van der Waals surface area contributed by atoms with Crippen LogP contribution in [-0.2, 0) is 17.8 Å². The van der Waals surface area contributed by atoms with Crippen LogP contribution in [0.1, 0.15) is 24.0 Å². The number of amides is 1. The SMILES string of the molecule is O=C1Cc2ccc(-c3cnc(NCc4ccccc4)nc3)cc2N1C1CC1. The maximum Gasteiger partial charge on any atom is 0.231 e. The first-order valence-electron chi connectivity index (χ1n) is 9.33. The normalized spacial score (nSPS) is 15.7. The quantitative estimate of drug-likeness (QED) is 0.755. The highest BCUT2D eigenvalue weighted by Gasteiger charge is 2.38. The number of hydrogen-bond donors (Lipinski definition) is 1. The lowest BCUT2D eigenvalue weighted by Gasteiger charge is -2.17. The Morgan fingerprint density at radius 2 is 1.78 bits per heavy atom. The van der Waals surface area contributed by atoms with Gasteiger partial charge in [0.25, 0.3) is 0 Å². The van der Waals surface area contributed by atoms with Crippen molar-refractivity contribution in [2.75, 3.05) is 10.2 Å². The molecule has 1 amide bonds. The van der Waals surface area contributed by atoms with E-state index in [4.69, 9.17) is 0 Å². The molecule has 1 aliphatic carbocycles. The summed E-state index contributed by atoms with van der Waals surface area (Å²) in [6.07, 6.45) is 6.41. The predicted molar refractivity (Wildman–Crippen MR) is 105 cm³/mol. The highest BCUT2D eigenvalue weighted by molar-refractivity contribution is 6.03. The van der Waals surface area contributed by atoms with Crippen LogP contribution >= 0.6 is 0 Å². The molecule has 0 bridgehead atoms. The summed E-state index contributed by atoms with van der Waals surface area (Å²) in [6, 6.07) is 16.8. The molecule has 134 valence electrons. The third-order valence-corrected chi connectivity index (χ3v) is 5.15. The Kier molecular flexibility index (Phi) is 3.85. The van der Waals surface area contributed by atoms with Gasteiger partial charge in [0.1, 0.15) is 0 Å². The molecule has 1 aliphatic heterocycles. The Labute approximate surface area is 158 Å². The first kappa shape index (κ1) is 16.0. The maximum atomic E-state index is 12.3. The van der Waals surface area contributed by atoms with Crippen molar-refractivity contribution in [1.29, 1.82) is 0 Å². The zero-order chi connectivity index (χ0) is 18.2. The van der Waals surface area contributed by atoms with E-state index in [1.807, 2.05) is 35.5 Å². The van der Waals surface area contributed by atoms with Crippen LogP contribution in [-0.4, -0.2) is 21.9 Å². The number of hydrogen-bond acceptors (Lipinski definition) is 4. The topological polar surface area (TPSA) is 58.1 Å². The van der Waals surface area contributed by atoms with Gasteiger partial charge in [-0.2, -0.15) is 0 Å². The Bertz CT molecular complexity index is 981. The summed E-state index contributed by atoms with van der Waals surface area (Å²) < 4.78 is 0. The molecule has 5 nitrogen and oxygen atoms in total. The third-order valence-electron chi connectivity index (χ3n) is 5.15. The second kappa shape index (κ2) is 6.50. The van der Waals surface area contributed by atoms with Crippen LogP contribution in [0.3, 0.4) is 0 Å². The molecule has 2 aliphatic rings. The molecule has 1 saturated carbocycles. The van der Waals surface area contributed by atoms with Crippen LogP contribution in [0.25, 0.3) is 11.1 Å². The van der Waals surface area contributed by atoms with Crippen LogP contribution in [0.4, 0.5) is 11.6 Å². The van der Waals surface area contributed by atoms with E-state index >= 15 is 0 Å². The van der Waals surface area contributed by atoms with Crippen LogP contribution in [0.2, 0.25) is 0 Å². The summed E-state index contributed by atoms with van der Waals surface area (Å²) in [5.41, 5.74) is 5.37. The fraction of sp³-hybridized carbons (Fsp3) is 0.227. The number of anilines is 2. The molecule has 0 saturated heterocycles. The average molecular weight is 356 g/mol. The van der Waals surface area contributed by atoms with Gasteiger partial charge in [0.05, 0.1) is 6.42 Å². The fourth-order valence-electron chi connectivity index (χ4n) is 3.58. The zero-order valence-corrected chi connectivity index (χ0v) is 14.9. The molecule has 1 fully saturated rings. The Morgan fingerprint density at radius 3 is 2.52 bits per heavy atom.